The molecule has 0 amide bonds. The van der Waals surface area contributed by atoms with Gasteiger partial charge >= 0.3 is 0 Å². The number of oxime groups is 1. The lowest BCUT2D eigenvalue weighted by molar-refractivity contribution is 0.318. The molecule has 118 valence electrons. The van der Waals surface area contributed by atoms with Crippen LogP contribution in [-0.2, 0) is 12.8 Å². The van der Waals surface area contributed by atoms with Crippen LogP contribution in [0.2, 0.25) is 5.02 Å². The number of pyridine rings is 1. The highest BCUT2D eigenvalue weighted by Crippen LogP contribution is 2.29. The van der Waals surface area contributed by atoms with E-state index in [-0.39, 0.29) is 0 Å². The van der Waals surface area contributed by atoms with Gasteiger partial charge in [-0.05, 0) is 23.1 Å². The van der Waals surface area contributed by atoms with Crippen LogP contribution in [-0.4, -0.2) is 22.1 Å². The van der Waals surface area contributed by atoms with Gasteiger partial charge in [0.2, 0.25) is 0 Å². The lowest BCUT2D eigenvalue weighted by Crippen LogP contribution is -2.09. The molecule has 2 aromatic carbocycles. The van der Waals surface area contributed by atoms with Crippen LogP contribution in [0.15, 0.2) is 58.8 Å². The predicted octanol–water partition coefficient (Wildman–Crippen LogP) is 4.57. The molecule has 0 radical (unpaired) electrons. The Kier molecular flexibility index (Phi) is 3.75. The normalized spacial score (nSPS) is 13.5. The lowest BCUT2D eigenvalue weighted by atomic mass is 9.95. The van der Waals surface area contributed by atoms with E-state index in [0.717, 1.165) is 32.5 Å². The van der Waals surface area contributed by atoms with Gasteiger partial charge < -0.3 is 5.21 Å². The number of hydrogen-bond donors (Lipinski definition) is 1. The summed E-state index contributed by atoms with van der Waals surface area (Å²) in [5.41, 5.74) is 3.56. The van der Waals surface area contributed by atoms with E-state index in [4.69, 9.17) is 11.6 Å². The second kappa shape index (κ2) is 6.06. The molecule has 1 aliphatic heterocycles. The summed E-state index contributed by atoms with van der Waals surface area (Å²) in [7, 11) is 0. The molecule has 2 heterocycles. The molecular formula is C19H14ClN3O. The Hall–Kier alpha value is -2.72. The van der Waals surface area contributed by atoms with Crippen molar-refractivity contribution in [2.75, 3.05) is 0 Å². The summed E-state index contributed by atoms with van der Waals surface area (Å²) in [6, 6.07) is 13.7. The zero-order chi connectivity index (χ0) is 16.5. The molecule has 0 aliphatic carbocycles. The van der Waals surface area contributed by atoms with Crippen LogP contribution in [0.25, 0.3) is 10.8 Å². The summed E-state index contributed by atoms with van der Waals surface area (Å²) in [6.45, 7) is 0. The first-order valence-electron chi connectivity index (χ1n) is 7.66. The number of rotatable bonds is 3. The monoisotopic (exact) mass is 335 g/mol. The van der Waals surface area contributed by atoms with Gasteiger partial charge in [0.25, 0.3) is 0 Å². The summed E-state index contributed by atoms with van der Waals surface area (Å²) in [4.78, 5) is 8.51. The van der Waals surface area contributed by atoms with Gasteiger partial charge in [0.05, 0.1) is 5.71 Å². The van der Waals surface area contributed by atoms with Gasteiger partial charge in [-0.1, -0.05) is 47.1 Å². The first kappa shape index (κ1) is 14.8. The highest BCUT2D eigenvalue weighted by atomic mass is 35.5. The third-order valence-corrected chi connectivity index (χ3v) is 4.62. The minimum Gasteiger partial charge on any atom is -0.411 e. The molecule has 24 heavy (non-hydrogen) atoms. The van der Waals surface area contributed by atoms with E-state index in [2.05, 4.69) is 15.1 Å². The number of nitrogens with zero attached hydrogens (tertiary/aromatic N) is 3. The standard InChI is InChI=1S/C19H14ClN3O/c20-17-6-5-12(13-3-1-2-4-14(13)17)11-18(23-24)15-7-9-21-19-16(15)8-10-22-19/h1-7,9-10,24H,8,11H2/b23-18+. The van der Waals surface area contributed by atoms with Crippen LogP contribution in [0.3, 0.4) is 0 Å². The smallest absolute Gasteiger partial charge is 0.155 e. The Morgan fingerprint density at radius 1 is 1.12 bits per heavy atom. The molecule has 1 N–H and O–H groups in total. The van der Waals surface area contributed by atoms with Gasteiger partial charge in [0, 0.05) is 46.8 Å². The van der Waals surface area contributed by atoms with Crippen LogP contribution >= 0.6 is 11.6 Å². The molecule has 0 bridgehead atoms. The summed E-state index contributed by atoms with van der Waals surface area (Å²) in [5, 5.41) is 15.9. The van der Waals surface area contributed by atoms with Crippen molar-refractivity contribution in [1.82, 2.24) is 4.98 Å². The second-order valence-corrected chi connectivity index (χ2v) is 6.06. The van der Waals surface area contributed by atoms with Gasteiger partial charge in [-0.15, -0.1) is 0 Å². The van der Waals surface area contributed by atoms with Crippen molar-refractivity contribution in [3.05, 3.63) is 70.4 Å². The fourth-order valence-electron chi connectivity index (χ4n) is 3.13. The number of aromatic nitrogens is 1. The highest BCUT2D eigenvalue weighted by Gasteiger charge is 2.18. The number of benzene rings is 2. The van der Waals surface area contributed by atoms with E-state index in [9.17, 15) is 5.21 Å². The van der Waals surface area contributed by atoms with E-state index in [0.29, 0.717) is 24.4 Å². The molecular weight excluding hydrogens is 322 g/mol. The van der Waals surface area contributed by atoms with Crippen molar-refractivity contribution in [2.24, 2.45) is 10.1 Å². The van der Waals surface area contributed by atoms with Gasteiger partial charge in [-0.3, -0.25) is 0 Å². The first-order valence-corrected chi connectivity index (χ1v) is 8.03. The summed E-state index contributed by atoms with van der Waals surface area (Å²) in [6.07, 6.45) is 4.74. The second-order valence-electron chi connectivity index (χ2n) is 5.65. The molecule has 1 aliphatic rings. The molecule has 1 aromatic heterocycles. The maximum absolute atomic E-state index is 9.60. The average molecular weight is 336 g/mol. The quantitative estimate of drug-likeness (QED) is 0.433. The SMILES string of the molecule is O/N=C(\Cc1ccc(Cl)c2ccccc12)c1ccnc2c1CC=N2. The first-order chi connectivity index (χ1) is 11.8. The summed E-state index contributed by atoms with van der Waals surface area (Å²) in [5.74, 6) is 0.703. The van der Waals surface area contributed by atoms with Crippen molar-refractivity contribution in [1.29, 1.82) is 0 Å². The van der Waals surface area contributed by atoms with Gasteiger partial charge in [0.15, 0.2) is 5.82 Å². The summed E-state index contributed by atoms with van der Waals surface area (Å²) < 4.78 is 0. The van der Waals surface area contributed by atoms with Gasteiger partial charge in [0.1, 0.15) is 0 Å². The Morgan fingerprint density at radius 3 is 2.79 bits per heavy atom. The van der Waals surface area contributed by atoms with E-state index in [1.807, 2.05) is 48.7 Å². The molecule has 4 rings (SSSR count). The van der Waals surface area contributed by atoms with E-state index >= 15 is 0 Å². The Morgan fingerprint density at radius 2 is 1.96 bits per heavy atom. The molecule has 4 nitrogen and oxygen atoms in total. The Labute approximate surface area is 144 Å². The van der Waals surface area contributed by atoms with Crippen molar-refractivity contribution < 1.29 is 5.21 Å². The van der Waals surface area contributed by atoms with Crippen LogP contribution in [0.5, 0.6) is 0 Å². The van der Waals surface area contributed by atoms with Gasteiger partial charge in [-0.25, -0.2) is 9.98 Å². The Bertz CT molecular complexity index is 995. The van der Waals surface area contributed by atoms with Crippen LogP contribution < -0.4 is 0 Å². The zero-order valence-electron chi connectivity index (χ0n) is 12.8. The largest absolute Gasteiger partial charge is 0.411 e. The van der Waals surface area contributed by atoms with E-state index in [1.165, 1.54) is 0 Å². The molecule has 0 saturated heterocycles. The van der Waals surface area contributed by atoms with Crippen LogP contribution in [0, 0.1) is 0 Å². The van der Waals surface area contributed by atoms with Crippen molar-refractivity contribution in [2.45, 2.75) is 12.8 Å². The van der Waals surface area contributed by atoms with E-state index in [1.54, 1.807) is 6.20 Å². The molecule has 0 atom stereocenters. The van der Waals surface area contributed by atoms with Crippen molar-refractivity contribution >= 4 is 40.1 Å². The molecule has 0 fully saturated rings. The van der Waals surface area contributed by atoms with E-state index < -0.39 is 0 Å². The fourth-order valence-corrected chi connectivity index (χ4v) is 3.36. The predicted molar refractivity (Wildman–Crippen MR) is 97.1 cm³/mol. The lowest BCUT2D eigenvalue weighted by Gasteiger charge is -2.11. The third kappa shape index (κ3) is 2.45. The third-order valence-electron chi connectivity index (χ3n) is 4.29. The van der Waals surface area contributed by atoms with Crippen LogP contribution in [0.4, 0.5) is 5.82 Å². The Balaban J connectivity index is 1.78. The molecule has 0 unspecified atom stereocenters. The summed E-state index contributed by atoms with van der Waals surface area (Å²) >= 11 is 6.29. The topological polar surface area (TPSA) is 57.8 Å². The highest BCUT2D eigenvalue weighted by molar-refractivity contribution is 6.35. The number of aliphatic imine (C=N–C) groups is 1. The fraction of sp³-hybridized carbons (Fsp3) is 0.105. The molecule has 5 heteroatoms. The minimum absolute atomic E-state index is 0.505. The maximum Gasteiger partial charge on any atom is 0.155 e. The van der Waals surface area contributed by atoms with Crippen molar-refractivity contribution in [3.63, 3.8) is 0 Å². The molecule has 3 aromatic rings. The minimum atomic E-state index is 0.505. The number of fused-ring (bicyclic) bond motifs is 2. The average Bonchev–Trinajstić information content (AvgIpc) is 3.10. The van der Waals surface area contributed by atoms with Crippen LogP contribution in [0.1, 0.15) is 16.7 Å². The van der Waals surface area contributed by atoms with Crippen molar-refractivity contribution in [3.8, 4) is 0 Å². The zero-order valence-corrected chi connectivity index (χ0v) is 13.5. The number of hydrogen-bond acceptors (Lipinski definition) is 4. The van der Waals surface area contributed by atoms with Gasteiger partial charge in [-0.2, -0.15) is 0 Å². The maximum atomic E-state index is 9.60. The molecule has 0 saturated carbocycles. The molecule has 0 spiro atoms. The number of halogens is 1.